The number of thiazole rings is 1. The van der Waals surface area contributed by atoms with E-state index in [1.165, 1.54) is 36.6 Å². The Labute approximate surface area is 216 Å². The largest absolute Gasteiger partial charge is 0.466 e. The Morgan fingerprint density at radius 3 is 2.81 bits per heavy atom. The van der Waals surface area contributed by atoms with Crippen LogP contribution >= 0.6 is 22.9 Å². The summed E-state index contributed by atoms with van der Waals surface area (Å²) in [5, 5.41) is 5.69. The van der Waals surface area contributed by atoms with Gasteiger partial charge in [0.2, 0.25) is 0 Å². The number of amidine groups is 1. The average molecular weight is 537 g/mol. The normalized spacial score (nSPS) is 18.4. The number of carbonyl (C=O) groups excluding carboxylic acids is 2. The average Bonchev–Trinajstić information content (AvgIpc) is 3.32. The van der Waals surface area contributed by atoms with Crippen molar-refractivity contribution in [3.63, 3.8) is 0 Å². The third-order valence-electron chi connectivity index (χ3n) is 5.66. The van der Waals surface area contributed by atoms with Crippen molar-refractivity contribution >= 4 is 40.7 Å². The first-order valence-corrected chi connectivity index (χ1v) is 12.7. The van der Waals surface area contributed by atoms with E-state index in [-0.39, 0.29) is 29.6 Å². The molecule has 2 aliphatic rings. The van der Waals surface area contributed by atoms with Crippen molar-refractivity contribution in [2.75, 3.05) is 46.6 Å². The van der Waals surface area contributed by atoms with Gasteiger partial charge in [-0.15, -0.1) is 11.3 Å². The summed E-state index contributed by atoms with van der Waals surface area (Å²) < 4.78 is 29.4. The Kier molecular flexibility index (Phi) is 8.68. The van der Waals surface area contributed by atoms with Crippen molar-refractivity contribution in [3.8, 4) is 0 Å². The summed E-state index contributed by atoms with van der Waals surface area (Å²) in [6.45, 7) is 4.98. The fraction of sp³-hybridized carbons (Fsp3) is 0.417. The first-order chi connectivity index (χ1) is 17.4. The van der Waals surface area contributed by atoms with Gasteiger partial charge in [-0.05, 0) is 19.1 Å². The molecule has 0 spiro atoms. The monoisotopic (exact) mass is 536 g/mol. The summed E-state index contributed by atoms with van der Waals surface area (Å²) in [6, 6.07) is 3.12. The summed E-state index contributed by atoms with van der Waals surface area (Å²) in [4.78, 5) is 36.4. The lowest BCUT2D eigenvalue weighted by Crippen LogP contribution is -2.43. The number of aromatic nitrogens is 1. The van der Waals surface area contributed by atoms with Gasteiger partial charge >= 0.3 is 11.9 Å². The predicted octanol–water partition coefficient (Wildman–Crippen LogP) is 2.89. The van der Waals surface area contributed by atoms with Crippen LogP contribution in [0.25, 0.3) is 0 Å². The van der Waals surface area contributed by atoms with Crippen LogP contribution in [0.15, 0.2) is 39.8 Å². The fourth-order valence-electron chi connectivity index (χ4n) is 3.97. The van der Waals surface area contributed by atoms with E-state index in [1.807, 2.05) is 0 Å². The molecule has 1 atom stereocenters. The van der Waals surface area contributed by atoms with Gasteiger partial charge in [-0.2, -0.15) is 0 Å². The number of benzene rings is 1. The second-order valence-electron chi connectivity index (χ2n) is 8.07. The Bertz CT molecular complexity index is 1190. The van der Waals surface area contributed by atoms with E-state index < -0.39 is 17.8 Å². The molecule has 9 nitrogen and oxygen atoms in total. The van der Waals surface area contributed by atoms with E-state index in [2.05, 4.69) is 15.2 Å². The van der Waals surface area contributed by atoms with Crippen molar-refractivity contribution in [2.24, 2.45) is 4.99 Å². The third kappa shape index (κ3) is 6.09. The van der Waals surface area contributed by atoms with Crippen molar-refractivity contribution < 1.29 is 28.2 Å². The third-order valence-corrected chi connectivity index (χ3v) is 6.88. The minimum atomic E-state index is -0.852. The number of hydrogen-bond acceptors (Lipinski definition) is 10. The summed E-state index contributed by atoms with van der Waals surface area (Å²) in [6.07, 6.45) is 0.0364. The smallest absolute Gasteiger partial charge is 0.338 e. The minimum Gasteiger partial charge on any atom is -0.466 e. The van der Waals surface area contributed by atoms with Gasteiger partial charge in [0.15, 0.2) is 10.8 Å². The van der Waals surface area contributed by atoms with Gasteiger partial charge in [-0.3, -0.25) is 14.7 Å². The highest BCUT2D eigenvalue weighted by molar-refractivity contribution is 7.11. The number of esters is 2. The van der Waals surface area contributed by atoms with Crippen molar-refractivity contribution in [3.05, 3.63) is 62.0 Å². The highest BCUT2D eigenvalue weighted by atomic mass is 35.5. The highest BCUT2D eigenvalue weighted by Gasteiger charge is 2.34. The van der Waals surface area contributed by atoms with Gasteiger partial charge in [0.25, 0.3) is 0 Å². The van der Waals surface area contributed by atoms with Crippen LogP contribution in [-0.4, -0.2) is 74.2 Å². The van der Waals surface area contributed by atoms with E-state index in [9.17, 15) is 14.0 Å². The predicted molar refractivity (Wildman–Crippen MR) is 133 cm³/mol. The molecule has 3 heterocycles. The maximum atomic E-state index is 13.8. The maximum absolute atomic E-state index is 13.8. The molecule has 0 radical (unpaired) electrons. The molecule has 0 amide bonds. The number of morpholine rings is 1. The summed E-state index contributed by atoms with van der Waals surface area (Å²) in [5.74, 6) is -1.02. The number of methoxy groups -OCH3 is 1. The number of carbonyl (C=O) groups is 2. The van der Waals surface area contributed by atoms with Gasteiger partial charge < -0.3 is 19.5 Å². The summed E-state index contributed by atoms with van der Waals surface area (Å²) >= 11 is 7.71. The Balaban J connectivity index is 1.75. The molecule has 36 heavy (non-hydrogen) atoms. The van der Waals surface area contributed by atoms with Crippen LogP contribution in [0.5, 0.6) is 0 Å². The number of hydrogen-bond donors (Lipinski definition) is 1. The second-order valence-corrected chi connectivity index (χ2v) is 9.33. The number of aliphatic imine (C=N–C) groups is 1. The zero-order valence-electron chi connectivity index (χ0n) is 19.9. The lowest BCUT2D eigenvalue weighted by molar-refractivity contribution is -0.142. The van der Waals surface area contributed by atoms with Crippen molar-refractivity contribution in [1.29, 1.82) is 0 Å². The zero-order chi connectivity index (χ0) is 25.7. The van der Waals surface area contributed by atoms with Crippen molar-refractivity contribution in [2.45, 2.75) is 19.4 Å². The molecule has 2 aromatic rings. The maximum Gasteiger partial charge on any atom is 0.338 e. The van der Waals surface area contributed by atoms with E-state index in [1.54, 1.807) is 12.3 Å². The summed E-state index contributed by atoms with van der Waals surface area (Å²) in [7, 11) is 1.30. The zero-order valence-corrected chi connectivity index (χ0v) is 21.5. The Morgan fingerprint density at radius 2 is 2.11 bits per heavy atom. The topological polar surface area (TPSA) is 102 Å². The number of nitrogens with zero attached hydrogens (tertiary/aromatic N) is 3. The Morgan fingerprint density at radius 1 is 1.33 bits per heavy atom. The number of ether oxygens (including phenoxy) is 3. The van der Waals surface area contributed by atoms with Gasteiger partial charge in [-0.1, -0.05) is 17.7 Å². The van der Waals surface area contributed by atoms with Crippen LogP contribution in [-0.2, 0) is 30.2 Å². The molecular formula is C24H26ClFN4O5S. The quantitative estimate of drug-likeness (QED) is 0.514. The molecule has 1 aromatic heterocycles. The SMILES string of the molecule is CCOC(=O)Cc1csc(C2=NC(c3ccc(F)cc3Cl)C(C(=O)OC)=C(CN3CCOCC3)N2)n1. The number of rotatable bonds is 8. The van der Waals surface area contributed by atoms with Crippen LogP contribution in [0.3, 0.4) is 0 Å². The fourth-order valence-corrected chi connectivity index (χ4v) is 5.01. The van der Waals surface area contributed by atoms with Gasteiger partial charge in [0.1, 0.15) is 11.9 Å². The molecule has 0 saturated carbocycles. The minimum absolute atomic E-state index is 0.0364. The summed E-state index contributed by atoms with van der Waals surface area (Å²) in [5.41, 5.74) is 1.87. The molecule has 1 unspecified atom stereocenters. The van der Waals surface area contributed by atoms with Crippen LogP contribution in [0.4, 0.5) is 4.39 Å². The molecule has 192 valence electrons. The van der Waals surface area contributed by atoms with Gasteiger partial charge in [-0.25, -0.2) is 14.2 Å². The van der Waals surface area contributed by atoms with Crippen LogP contribution in [0.1, 0.15) is 29.2 Å². The van der Waals surface area contributed by atoms with Crippen LogP contribution in [0.2, 0.25) is 5.02 Å². The molecule has 4 rings (SSSR count). The molecule has 0 aliphatic carbocycles. The molecule has 0 bridgehead atoms. The van der Waals surface area contributed by atoms with E-state index >= 15 is 0 Å². The molecule has 1 N–H and O–H groups in total. The van der Waals surface area contributed by atoms with Gasteiger partial charge in [0.05, 0.1) is 44.6 Å². The molecule has 1 aromatic carbocycles. The lowest BCUT2D eigenvalue weighted by atomic mass is 9.95. The molecule has 2 aliphatic heterocycles. The van der Waals surface area contributed by atoms with Crippen molar-refractivity contribution in [1.82, 2.24) is 15.2 Å². The van der Waals surface area contributed by atoms with Crippen LogP contribution in [0, 0.1) is 5.82 Å². The molecule has 1 fully saturated rings. The number of halogens is 2. The standard InChI is InChI=1S/C24H26ClFN4O5S/c1-3-35-19(31)11-15-13-36-23(27-15)22-28-18(12-30-6-8-34-9-7-30)20(24(32)33-2)21(29-22)16-5-4-14(26)10-17(16)25/h4-5,10,13,21H,3,6-9,11-12H2,1-2H3,(H,28,29). The first-order valence-electron chi connectivity index (χ1n) is 11.4. The highest BCUT2D eigenvalue weighted by Crippen LogP contribution is 2.37. The second kappa shape index (κ2) is 11.9. The van der Waals surface area contributed by atoms with Crippen LogP contribution < -0.4 is 5.32 Å². The molecule has 12 heteroatoms. The first kappa shape index (κ1) is 26.2. The lowest BCUT2D eigenvalue weighted by Gasteiger charge is -2.32. The number of nitrogens with one attached hydrogen (secondary N) is 1. The Hall–Kier alpha value is -2.86. The van der Waals surface area contributed by atoms with Gasteiger partial charge in [0, 0.05) is 41.3 Å². The molecular weight excluding hydrogens is 511 g/mol. The van der Waals surface area contributed by atoms with E-state index in [4.69, 9.17) is 30.8 Å². The van der Waals surface area contributed by atoms with E-state index in [0.29, 0.717) is 60.6 Å². The van der Waals surface area contributed by atoms with E-state index in [0.717, 1.165) is 0 Å². The molecule has 1 saturated heterocycles.